The van der Waals surface area contributed by atoms with E-state index < -0.39 is 28.5 Å². The summed E-state index contributed by atoms with van der Waals surface area (Å²) in [4.78, 5) is 28.3. The SMILES string of the molecule is CCCNC(=O)[C@H](C)N(Cc1ccc(Cl)c(Cl)c1)C(=O)CN(c1ccccc1OC)S(=O)(=O)c1ccc(C)cc1. The summed E-state index contributed by atoms with van der Waals surface area (Å²) in [6.07, 6.45) is 0.718. The minimum Gasteiger partial charge on any atom is -0.495 e. The second kappa shape index (κ2) is 13.9. The molecule has 0 aliphatic rings. The first-order valence-corrected chi connectivity index (χ1v) is 14.9. The summed E-state index contributed by atoms with van der Waals surface area (Å²) in [5.74, 6) is -0.678. The van der Waals surface area contributed by atoms with Gasteiger partial charge in [-0.15, -0.1) is 0 Å². The second-order valence-corrected chi connectivity index (χ2v) is 11.9. The standard InChI is InChI=1S/C29H33Cl2N3O5S/c1-5-16-32-29(36)21(3)33(18-22-12-15-24(30)25(31)17-22)28(35)19-34(26-8-6-7-9-27(26)39-4)40(37,38)23-13-10-20(2)11-14-23/h6-15,17,21H,5,16,18-19H2,1-4H3,(H,32,36)/t21-/m0/s1. The number of hydrogen-bond donors (Lipinski definition) is 1. The molecular formula is C29H33Cl2N3O5S. The average molecular weight is 607 g/mol. The van der Waals surface area contributed by atoms with Crippen molar-refractivity contribution in [2.45, 2.75) is 44.7 Å². The van der Waals surface area contributed by atoms with Crippen molar-refractivity contribution in [1.29, 1.82) is 0 Å². The zero-order valence-corrected chi connectivity index (χ0v) is 25.2. The molecule has 40 heavy (non-hydrogen) atoms. The largest absolute Gasteiger partial charge is 0.495 e. The number of sulfonamides is 1. The van der Waals surface area contributed by atoms with E-state index in [0.29, 0.717) is 22.2 Å². The molecule has 1 atom stereocenters. The van der Waals surface area contributed by atoms with E-state index in [2.05, 4.69) is 5.32 Å². The summed E-state index contributed by atoms with van der Waals surface area (Å²) in [6.45, 7) is 5.23. The van der Waals surface area contributed by atoms with Crippen LogP contribution in [-0.2, 0) is 26.2 Å². The van der Waals surface area contributed by atoms with Crippen LogP contribution in [0.4, 0.5) is 5.69 Å². The number of para-hydroxylation sites is 2. The molecule has 0 spiro atoms. The molecule has 0 saturated carbocycles. The molecule has 0 aromatic heterocycles. The molecule has 3 rings (SSSR count). The Morgan fingerprint density at radius 2 is 1.68 bits per heavy atom. The van der Waals surface area contributed by atoms with Gasteiger partial charge in [-0.1, -0.05) is 66.0 Å². The molecule has 0 aliphatic heterocycles. The average Bonchev–Trinajstić information content (AvgIpc) is 2.94. The first-order chi connectivity index (χ1) is 19.0. The normalized spacial score (nSPS) is 11.9. The van der Waals surface area contributed by atoms with E-state index in [-0.39, 0.29) is 28.8 Å². The number of ether oxygens (including phenoxy) is 1. The van der Waals surface area contributed by atoms with Crippen LogP contribution >= 0.6 is 23.2 Å². The Hall–Kier alpha value is -3.27. The zero-order chi connectivity index (χ0) is 29.4. The molecule has 0 aliphatic carbocycles. The number of carbonyl (C=O) groups is 2. The van der Waals surface area contributed by atoms with Crippen LogP contribution in [0.1, 0.15) is 31.4 Å². The third-order valence-electron chi connectivity index (χ3n) is 6.30. The number of rotatable bonds is 12. The van der Waals surface area contributed by atoms with E-state index in [9.17, 15) is 18.0 Å². The Morgan fingerprint density at radius 1 is 1.00 bits per heavy atom. The number of methoxy groups -OCH3 is 1. The van der Waals surface area contributed by atoms with Gasteiger partial charge in [0.05, 0.1) is 27.7 Å². The van der Waals surface area contributed by atoms with E-state index >= 15 is 0 Å². The van der Waals surface area contributed by atoms with Crippen molar-refractivity contribution in [3.8, 4) is 5.75 Å². The van der Waals surface area contributed by atoms with Gasteiger partial charge in [0, 0.05) is 13.1 Å². The molecule has 8 nitrogen and oxygen atoms in total. The van der Waals surface area contributed by atoms with E-state index in [1.165, 1.54) is 24.1 Å². The number of nitrogens with one attached hydrogen (secondary N) is 1. The Morgan fingerprint density at radius 3 is 2.30 bits per heavy atom. The molecule has 11 heteroatoms. The van der Waals surface area contributed by atoms with Crippen molar-refractivity contribution in [2.24, 2.45) is 0 Å². The van der Waals surface area contributed by atoms with E-state index in [1.54, 1.807) is 61.5 Å². The summed E-state index contributed by atoms with van der Waals surface area (Å²) in [6, 6.07) is 16.9. The summed E-state index contributed by atoms with van der Waals surface area (Å²) >= 11 is 12.3. The highest BCUT2D eigenvalue weighted by Crippen LogP contribution is 2.33. The van der Waals surface area contributed by atoms with E-state index in [1.807, 2.05) is 13.8 Å². The number of hydrogen-bond acceptors (Lipinski definition) is 5. The lowest BCUT2D eigenvalue weighted by atomic mass is 10.1. The summed E-state index contributed by atoms with van der Waals surface area (Å²) in [7, 11) is -2.79. The molecule has 0 saturated heterocycles. The van der Waals surface area contributed by atoms with Gasteiger partial charge in [-0.05, 0) is 62.2 Å². The Balaban J connectivity index is 2.07. The molecular weight excluding hydrogens is 573 g/mol. The molecule has 0 unspecified atom stereocenters. The number of nitrogens with zero attached hydrogens (tertiary/aromatic N) is 2. The van der Waals surface area contributed by atoms with Crippen molar-refractivity contribution in [3.63, 3.8) is 0 Å². The molecule has 0 fully saturated rings. The van der Waals surface area contributed by atoms with Crippen LogP contribution in [0.3, 0.4) is 0 Å². The van der Waals surface area contributed by atoms with Crippen LogP contribution in [0, 0.1) is 6.92 Å². The van der Waals surface area contributed by atoms with Crippen molar-refractivity contribution in [3.05, 3.63) is 87.9 Å². The van der Waals surface area contributed by atoms with Crippen LogP contribution in [0.2, 0.25) is 10.0 Å². The van der Waals surface area contributed by atoms with Gasteiger partial charge in [-0.2, -0.15) is 0 Å². The third kappa shape index (κ3) is 7.47. The quantitative estimate of drug-likeness (QED) is 0.296. The molecule has 3 aromatic carbocycles. The van der Waals surface area contributed by atoms with Crippen molar-refractivity contribution < 1.29 is 22.7 Å². The first-order valence-electron chi connectivity index (χ1n) is 12.7. The lowest BCUT2D eigenvalue weighted by Gasteiger charge is -2.32. The first kappa shape index (κ1) is 31.3. The van der Waals surface area contributed by atoms with Crippen LogP contribution in [0.15, 0.2) is 71.6 Å². The van der Waals surface area contributed by atoms with E-state index in [0.717, 1.165) is 16.3 Å². The van der Waals surface area contributed by atoms with Crippen molar-refractivity contribution >= 4 is 50.7 Å². The van der Waals surface area contributed by atoms with Gasteiger partial charge < -0.3 is 15.0 Å². The maximum Gasteiger partial charge on any atom is 0.264 e. The monoisotopic (exact) mass is 605 g/mol. The molecule has 2 amide bonds. The maximum absolute atomic E-state index is 14.0. The Kier molecular flexibility index (Phi) is 10.8. The number of benzene rings is 3. The van der Waals surface area contributed by atoms with Gasteiger partial charge >= 0.3 is 0 Å². The molecule has 214 valence electrons. The minimum atomic E-state index is -4.21. The highest BCUT2D eigenvalue weighted by molar-refractivity contribution is 7.92. The number of anilines is 1. The third-order valence-corrected chi connectivity index (χ3v) is 8.81. The Labute approximate surface area is 245 Å². The van der Waals surface area contributed by atoms with Crippen LogP contribution < -0.4 is 14.4 Å². The van der Waals surface area contributed by atoms with Crippen LogP contribution in [-0.4, -0.2) is 51.4 Å². The van der Waals surface area contributed by atoms with Gasteiger partial charge in [0.2, 0.25) is 11.8 Å². The lowest BCUT2D eigenvalue weighted by molar-refractivity contribution is -0.139. The maximum atomic E-state index is 14.0. The van der Waals surface area contributed by atoms with Gasteiger partial charge in [-0.3, -0.25) is 13.9 Å². The fourth-order valence-electron chi connectivity index (χ4n) is 4.00. The highest BCUT2D eigenvalue weighted by atomic mass is 35.5. The lowest BCUT2D eigenvalue weighted by Crippen LogP contribution is -2.51. The number of carbonyl (C=O) groups excluding carboxylic acids is 2. The Bertz CT molecular complexity index is 1450. The number of aryl methyl sites for hydroxylation is 1. The highest BCUT2D eigenvalue weighted by Gasteiger charge is 2.33. The summed E-state index contributed by atoms with van der Waals surface area (Å²) in [5.41, 5.74) is 1.71. The minimum absolute atomic E-state index is 0.000772. The predicted molar refractivity (Wildman–Crippen MR) is 158 cm³/mol. The second-order valence-electron chi connectivity index (χ2n) is 9.23. The topological polar surface area (TPSA) is 96.0 Å². The molecule has 1 N–H and O–H groups in total. The zero-order valence-electron chi connectivity index (χ0n) is 22.9. The molecule has 0 bridgehead atoms. The fraction of sp³-hybridized carbons (Fsp3) is 0.310. The van der Waals surface area contributed by atoms with Crippen LogP contribution in [0.5, 0.6) is 5.75 Å². The van der Waals surface area contributed by atoms with E-state index in [4.69, 9.17) is 27.9 Å². The molecule has 0 heterocycles. The summed E-state index contributed by atoms with van der Waals surface area (Å²) in [5, 5.41) is 3.46. The van der Waals surface area contributed by atoms with Gasteiger partial charge in [0.1, 0.15) is 18.3 Å². The molecule has 0 radical (unpaired) electrons. The summed E-state index contributed by atoms with van der Waals surface area (Å²) < 4.78 is 34.3. The number of halogens is 2. The number of amides is 2. The van der Waals surface area contributed by atoms with Crippen LogP contribution in [0.25, 0.3) is 0 Å². The van der Waals surface area contributed by atoms with Crippen molar-refractivity contribution in [1.82, 2.24) is 10.2 Å². The molecule has 3 aromatic rings. The van der Waals surface area contributed by atoms with Gasteiger partial charge in [0.15, 0.2) is 0 Å². The smallest absolute Gasteiger partial charge is 0.264 e. The predicted octanol–water partition coefficient (Wildman–Crippen LogP) is 5.45. The van der Waals surface area contributed by atoms with Gasteiger partial charge in [-0.25, -0.2) is 8.42 Å². The fourth-order valence-corrected chi connectivity index (χ4v) is 5.75. The van der Waals surface area contributed by atoms with Crippen molar-refractivity contribution in [2.75, 3.05) is 24.5 Å². The van der Waals surface area contributed by atoms with Gasteiger partial charge in [0.25, 0.3) is 10.0 Å².